The van der Waals surface area contributed by atoms with Crippen molar-refractivity contribution >= 4 is 41.3 Å². The van der Waals surface area contributed by atoms with Crippen molar-refractivity contribution in [3.63, 3.8) is 0 Å². The maximum atomic E-state index is 13.2. The number of benzene rings is 3. The van der Waals surface area contributed by atoms with Crippen LogP contribution in [0.15, 0.2) is 58.3 Å². The van der Waals surface area contributed by atoms with E-state index in [1.807, 2.05) is 0 Å². The molecule has 48 heavy (non-hydrogen) atoms. The molecule has 0 aromatic heterocycles. The minimum absolute atomic E-state index is 0.180. The lowest BCUT2D eigenvalue weighted by atomic mass is 9.79. The number of phenols is 1. The van der Waals surface area contributed by atoms with Gasteiger partial charge in [-0.05, 0) is 84.0 Å². The van der Waals surface area contributed by atoms with Gasteiger partial charge < -0.3 is 19.9 Å². The molecule has 0 fully saturated rings. The van der Waals surface area contributed by atoms with Crippen molar-refractivity contribution in [1.29, 1.82) is 0 Å². The van der Waals surface area contributed by atoms with E-state index in [0.29, 0.717) is 22.9 Å². The molecule has 2 N–H and O–H groups in total. The molecule has 6 nitrogen and oxygen atoms in total. The zero-order valence-electron chi connectivity index (χ0n) is 31.5. The second kappa shape index (κ2) is 14.0. The Balaban J connectivity index is 2.01. The number of ether oxygens (including phenoxy) is 2. The summed E-state index contributed by atoms with van der Waals surface area (Å²) >= 11 is 3.55. The van der Waals surface area contributed by atoms with Gasteiger partial charge in [0.2, 0.25) is 5.91 Å². The first-order valence-electron chi connectivity index (χ1n) is 16.4. The molecule has 3 aromatic rings. The highest BCUT2D eigenvalue weighted by Gasteiger charge is 2.33. The Morgan fingerprint density at radius 1 is 0.604 bits per heavy atom. The van der Waals surface area contributed by atoms with Crippen LogP contribution in [0.25, 0.3) is 0 Å². The summed E-state index contributed by atoms with van der Waals surface area (Å²) in [5.74, 6) is 1.02. The summed E-state index contributed by atoms with van der Waals surface area (Å²) < 4.78 is 11.3. The number of nitrogens with one attached hydrogen (secondary N) is 1. The van der Waals surface area contributed by atoms with Crippen molar-refractivity contribution < 1.29 is 24.2 Å². The van der Waals surface area contributed by atoms with E-state index in [1.54, 1.807) is 47.8 Å². The van der Waals surface area contributed by atoms with Crippen LogP contribution in [0.2, 0.25) is 0 Å². The van der Waals surface area contributed by atoms with E-state index in [2.05, 4.69) is 127 Å². The predicted octanol–water partition coefficient (Wildman–Crippen LogP) is 11.7. The highest BCUT2D eigenvalue weighted by atomic mass is 32.2. The Morgan fingerprint density at radius 3 is 1.33 bits per heavy atom. The maximum Gasteiger partial charge on any atom is 0.519 e. The molecule has 0 aliphatic heterocycles. The molecule has 3 rings (SSSR count). The molecule has 0 saturated heterocycles. The number of amides is 1. The fraction of sp³-hybridized carbons (Fsp3) is 0.500. The highest BCUT2D eigenvalue weighted by molar-refractivity contribution is 8.18. The molecule has 0 radical (unpaired) electrons. The Morgan fingerprint density at radius 2 is 0.979 bits per heavy atom. The third-order valence-corrected chi connectivity index (χ3v) is 10.1. The van der Waals surface area contributed by atoms with E-state index in [-0.39, 0.29) is 31.6 Å². The van der Waals surface area contributed by atoms with Gasteiger partial charge in [-0.15, -0.1) is 23.5 Å². The Bertz CT molecular complexity index is 1580. The zero-order chi connectivity index (χ0) is 36.6. The second-order valence-corrected chi connectivity index (χ2v) is 20.6. The van der Waals surface area contributed by atoms with E-state index < -0.39 is 6.16 Å². The fourth-order valence-corrected chi connectivity index (χ4v) is 7.88. The average molecular weight is 694 g/mol. The van der Waals surface area contributed by atoms with Gasteiger partial charge in [0.25, 0.3) is 0 Å². The predicted molar refractivity (Wildman–Crippen MR) is 203 cm³/mol. The third-order valence-electron chi connectivity index (χ3n) is 7.67. The number of rotatable bonds is 7. The smallest absolute Gasteiger partial charge is 0.507 e. The minimum atomic E-state index is -0.828. The molecule has 0 aliphatic carbocycles. The fourth-order valence-electron chi connectivity index (χ4n) is 5.29. The Labute approximate surface area is 297 Å². The molecule has 262 valence electrons. The lowest BCUT2D eigenvalue weighted by Crippen LogP contribution is -2.24. The molecule has 1 amide bonds. The van der Waals surface area contributed by atoms with Gasteiger partial charge >= 0.3 is 6.16 Å². The summed E-state index contributed by atoms with van der Waals surface area (Å²) in [4.78, 5) is 26.7. The molecule has 8 heteroatoms. The van der Waals surface area contributed by atoms with Gasteiger partial charge in [0.15, 0.2) is 0 Å². The van der Waals surface area contributed by atoms with E-state index in [9.17, 15) is 14.7 Å². The van der Waals surface area contributed by atoms with Crippen LogP contribution < -0.4 is 14.8 Å². The normalized spacial score (nSPS) is 12.9. The van der Waals surface area contributed by atoms with Crippen molar-refractivity contribution in [1.82, 2.24) is 0 Å². The van der Waals surface area contributed by atoms with Crippen LogP contribution in [0.5, 0.6) is 17.2 Å². The maximum absolute atomic E-state index is 13.2. The van der Waals surface area contributed by atoms with Gasteiger partial charge in [-0.3, -0.25) is 4.79 Å². The minimum Gasteiger partial charge on any atom is -0.507 e. The van der Waals surface area contributed by atoms with Gasteiger partial charge in [-0.1, -0.05) is 83.1 Å². The van der Waals surface area contributed by atoms with E-state index in [0.717, 1.165) is 32.0 Å². The Hall–Kier alpha value is -3.10. The summed E-state index contributed by atoms with van der Waals surface area (Å²) in [5, 5.41) is 14.0. The average Bonchev–Trinajstić information content (AvgIpc) is 2.88. The van der Waals surface area contributed by atoms with Crippen LogP contribution in [-0.4, -0.2) is 21.2 Å². The van der Waals surface area contributed by atoms with Gasteiger partial charge in [0.1, 0.15) is 17.2 Å². The quantitative estimate of drug-likeness (QED) is 0.110. The number of hydrogen-bond acceptors (Lipinski definition) is 7. The van der Waals surface area contributed by atoms with Crippen LogP contribution in [0.4, 0.5) is 10.5 Å². The summed E-state index contributed by atoms with van der Waals surface area (Å²) in [5.41, 5.74) is 3.20. The first kappa shape index (κ1) is 39.3. The molecule has 0 unspecified atom stereocenters. The number of hydrogen-bond donors (Lipinski definition) is 2. The van der Waals surface area contributed by atoms with Crippen LogP contribution >= 0.6 is 23.5 Å². The molecule has 0 heterocycles. The molecule has 0 spiro atoms. The van der Waals surface area contributed by atoms with Crippen molar-refractivity contribution in [2.45, 2.75) is 139 Å². The summed E-state index contributed by atoms with van der Waals surface area (Å²) in [7, 11) is 0. The SMILES string of the molecule is CC(=O)Nc1ccc(OC(=O)Oc2c(C(C)(C)C)cc(SC(C)(C)Sc3cc(C(C)(C)C)c(O)c(C(C)(C)C)c3)cc2C(C)(C)C)cc1. The zero-order valence-corrected chi connectivity index (χ0v) is 33.1. The van der Waals surface area contributed by atoms with Crippen LogP contribution in [0, 0.1) is 0 Å². The number of aromatic hydroxyl groups is 1. The molecule has 0 saturated carbocycles. The summed E-state index contributed by atoms with van der Waals surface area (Å²) in [6.07, 6.45) is -0.828. The summed E-state index contributed by atoms with van der Waals surface area (Å²) in [6.45, 7) is 31.3. The van der Waals surface area contributed by atoms with Gasteiger partial charge in [0.05, 0.1) is 4.08 Å². The van der Waals surface area contributed by atoms with E-state index in [4.69, 9.17) is 9.47 Å². The largest absolute Gasteiger partial charge is 0.519 e. The lowest BCUT2D eigenvalue weighted by Gasteiger charge is -2.32. The first-order chi connectivity index (χ1) is 21.7. The Kier molecular flexibility index (Phi) is 11.5. The molecular formula is C40H55NO5S2. The third kappa shape index (κ3) is 10.4. The number of anilines is 1. The van der Waals surface area contributed by atoms with Crippen molar-refractivity contribution in [3.05, 3.63) is 70.8 Å². The second-order valence-electron chi connectivity index (χ2n) is 17.0. The molecular weight excluding hydrogens is 639 g/mol. The van der Waals surface area contributed by atoms with Crippen molar-refractivity contribution in [2.24, 2.45) is 0 Å². The molecule has 0 atom stereocenters. The first-order valence-corrected chi connectivity index (χ1v) is 18.0. The van der Waals surface area contributed by atoms with Gasteiger partial charge in [-0.25, -0.2) is 4.79 Å². The molecule has 0 aliphatic rings. The van der Waals surface area contributed by atoms with Gasteiger partial charge in [0, 0.05) is 44.7 Å². The number of carbonyl (C=O) groups is 2. The monoisotopic (exact) mass is 693 g/mol. The van der Waals surface area contributed by atoms with E-state index >= 15 is 0 Å². The van der Waals surface area contributed by atoms with Crippen molar-refractivity contribution in [3.8, 4) is 17.2 Å². The number of thioether (sulfide) groups is 2. The van der Waals surface area contributed by atoms with Gasteiger partial charge in [-0.2, -0.15) is 0 Å². The lowest BCUT2D eigenvalue weighted by molar-refractivity contribution is -0.114. The molecule has 0 bridgehead atoms. The summed E-state index contributed by atoms with van der Waals surface area (Å²) in [6, 6.07) is 15.1. The standard InChI is InChI=1S/C40H55NO5S2/c1-24(42)41-25-16-18-26(19-17-25)45-35(44)46-34-31(38(8,9)10)22-28(23-32(34)39(11,12)13)48-40(14,15)47-27-20-29(36(2,3)4)33(43)30(21-27)37(5,6)7/h16-23,43H,1-15H3,(H,41,42). The number of carbonyl (C=O) groups excluding carboxylic acids is 2. The van der Waals surface area contributed by atoms with Crippen LogP contribution in [0.3, 0.4) is 0 Å². The van der Waals surface area contributed by atoms with E-state index in [1.165, 1.54) is 6.92 Å². The van der Waals surface area contributed by atoms with Crippen LogP contribution in [-0.2, 0) is 26.5 Å². The molecule has 3 aromatic carbocycles. The topological polar surface area (TPSA) is 84.9 Å². The van der Waals surface area contributed by atoms with Crippen LogP contribution in [0.1, 0.15) is 126 Å². The van der Waals surface area contributed by atoms with Crippen molar-refractivity contribution in [2.75, 3.05) is 5.32 Å². The highest BCUT2D eigenvalue weighted by Crippen LogP contribution is 2.51. The number of phenolic OH excluding ortho intramolecular Hbond substituents is 1.